The smallest absolute Gasteiger partial charge is 0.293 e. The van der Waals surface area contributed by atoms with Crippen molar-refractivity contribution < 1.29 is 46.8 Å². The number of nitro groups is 1. The number of piperidine rings is 2. The number of amides is 6. The highest BCUT2D eigenvalue weighted by Crippen LogP contribution is 2.44. The largest absolute Gasteiger partial charge is 0.455 e. The van der Waals surface area contributed by atoms with E-state index in [4.69, 9.17) is 16.3 Å². The zero-order valence-electron chi connectivity index (χ0n) is 48.4. The van der Waals surface area contributed by atoms with Gasteiger partial charge >= 0.3 is 0 Å². The lowest BCUT2D eigenvalue weighted by Gasteiger charge is -2.39. The molecule has 3 saturated heterocycles. The van der Waals surface area contributed by atoms with E-state index < -0.39 is 61.1 Å². The molecule has 6 amide bonds. The number of nitrogens with one attached hydrogen (secondary N) is 5. The van der Waals surface area contributed by atoms with E-state index in [-0.39, 0.29) is 64.6 Å². The van der Waals surface area contributed by atoms with Crippen LogP contribution < -0.4 is 30.3 Å². The highest BCUT2D eigenvalue weighted by Gasteiger charge is 2.46. The number of pyridine rings is 1. The van der Waals surface area contributed by atoms with Crippen molar-refractivity contribution in [3.05, 3.63) is 146 Å². The van der Waals surface area contributed by atoms with Gasteiger partial charge in [0.2, 0.25) is 17.7 Å². The molecule has 5 aliphatic rings. The molecule has 0 saturated carbocycles. The number of likely N-dealkylation sites (tertiary alicyclic amines) is 1. The second-order valence-corrected chi connectivity index (χ2v) is 25.8. The quantitative estimate of drug-likeness (QED) is 0.0206. The molecule has 5 N–H and O–H groups in total. The molecule has 1 atom stereocenters. The predicted octanol–water partition coefficient (Wildman–Crippen LogP) is 9.16. The third kappa shape index (κ3) is 13.5. The molecule has 1 aliphatic carbocycles. The normalized spacial score (nSPS) is 18.4. The van der Waals surface area contributed by atoms with E-state index in [0.29, 0.717) is 87.1 Å². The van der Waals surface area contributed by atoms with Crippen molar-refractivity contribution >= 4 is 96.4 Å². The number of rotatable bonds is 20. The molecule has 0 bridgehead atoms. The minimum Gasteiger partial charge on any atom is -0.455 e. The Morgan fingerprint density at radius 1 is 0.862 bits per heavy atom. The topological polar surface area (TPSA) is 279 Å². The van der Waals surface area contributed by atoms with Crippen molar-refractivity contribution in [3.63, 3.8) is 0 Å². The number of piperazine rings is 1. The van der Waals surface area contributed by atoms with Crippen LogP contribution in [0.1, 0.15) is 115 Å². The summed E-state index contributed by atoms with van der Waals surface area (Å²) in [6, 6.07) is 23.9. The summed E-state index contributed by atoms with van der Waals surface area (Å²) in [5.74, 6) is -2.90. The van der Waals surface area contributed by atoms with Crippen LogP contribution in [0.3, 0.4) is 0 Å². The van der Waals surface area contributed by atoms with Gasteiger partial charge in [0.05, 0.1) is 32.7 Å². The van der Waals surface area contributed by atoms with Gasteiger partial charge in [-0.2, -0.15) is 0 Å². The number of anilines is 3. The lowest BCUT2D eigenvalue weighted by Crippen LogP contribution is -2.54. The molecule has 22 nitrogen and oxygen atoms in total. The molecule has 4 aliphatic heterocycles. The number of aromatic amines is 1. The maximum Gasteiger partial charge on any atom is 0.293 e. The molecule has 87 heavy (non-hydrogen) atoms. The van der Waals surface area contributed by atoms with Gasteiger partial charge in [-0.1, -0.05) is 49.2 Å². The number of carbonyl (C=O) groups is 6. The number of nitrogens with zero attached hydrogens (tertiary/aromatic N) is 6. The van der Waals surface area contributed by atoms with E-state index in [1.54, 1.807) is 41.4 Å². The molecule has 4 aromatic carbocycles. The maximum absolute atomic E-state index is 14.2. The first-order valence-corrected chi connectivity index (χ1v) is 31.3. The molecule has 0 radical (unpaired) electrons. The number of H-pyrrole nitrogens is 1. The maximum atomic E-state index is 14.2. The van der Waals surface area contributed by atoms with E-state index in [2.05, 4.69) is 66.4 Å². The van der Waals surface area contributed by atoms with Gasteiger partial charge in [0, 0.05) is 112 Å². The van der Waals surface area contributed by atoms with Crippen molar-refractivity contribution in [2.45, 2.75) is 89.0 Å². The fourth-order valence-corrected chi connectivity index (χ4v) is 13.4. The molecule has 24 heteroatoms. The number of fused-ring (bicyclic) bond motifs is 2. The van der Waals surface area contributed by atoms with E-state index >= 15 is 0 Å². The van der Waals surface area contributed by atoms with Crippen LogP contribution >= 0.6 is 11.6 Å². The molecule has 0 spiro atoms. The van der Waals surface area contributed by atoms with Crippen LogP contribution in [0.5, 0.6) is 11.5 Å². The summed E-state index contributed by atoms with van der Waals surface area (Å²) in [7, 11) is -4.67. The average Bonchev–Trinajstić information content (AvgIpc) is 1.93. The highest BCUT2D eigenvalue weighted by atomic mass is 35.5. The highest BCUT2D eigenvalue weighted by molar-refractivity contribution is 7.90. The second kappa shape index (κ2) is 25.3. The third-order valence-electron chi connectivity index (χ3n) is 17.2. The second-order valence-electron chi connectivity index (χ2n) is 23.7. The molecule has 11 rings (SSSR count). The van der Waals surface area contributed by atoms with Crippen molar-refractivity contribution in [2.75, 3.05) is 74.4 Å². The van der Waals surface area contributed by atoms with Crippen molar-refractivity contribution in [2.24, 2.45) is 11.3 Å². The zero-order chi connectivity index (χ0) is 61.1. The zero-order valence-corrected chi connectivity index (χ0v) is 49.9. The van der Waals surface area contributed by atoms with Crippen molar-refractivity contribution in [3.8, 4) is 11.5 Å². The Hall–Kier alpha value is -8.67. The number of hydrogen-bond donors (Lipinski definition) is 5. The molecule has 454 valence electrons. The number of unbranched alkanes of at least 4 members (excludes halogenated alkanes) is 1. The Morgan fingerprint density at radius 3 is 2.40 bits per heavy atom. The van der Waals surface area contributed by atoms with Crippen molar-refractivity contribution in [1.29, 1.82) is 0 Å². The number of imide groups is 2. The summed E-state index contributed by atoms with van der Waals surface area (Å²) in [5, 5.41) is 22.5. The minimum absolute atomic E-state index is 0.0166. The van der Waals surface area contributed by atoms with Gasteiger partial charge in [0.25, 0.3) is 33.4 Å². The van der Waals surface area contributed by atoms with Crippen LogP contribution in [-0.4, -0.2) is 138 Å². The molecule has 6 aromatic rings. The summed E-state index contributed by atoms with van der Waals surface area (Å²) < 4.78 is 36.4. The summed E-state index contributed by atoms with van der Waals surface area (Å²) in [6.45, 7) is 10.1. The number of benzene rings is 4. The summed E-state index contributed by atoms with van der Waals surface area (Å²) in [4.78, 5) is 104. The molecular weight excluding hydrogens is 1150 g/mol. The first-order chi connectivity index (χ1) is 41.8. The van der Waals surface area contributed by atoms with Gasteiger partial charge in [-0.3, -0.25) is 54.0 Å². The Morgan fingerprint density at radius 2 is 1.64 bits per heavy atom. The number of halogens is 1. The molecule has 3 fully saturated rings. The number of hydrogen-bond acceptors (Lipinski definition) is 16. The Balaban J connectivity index is 0.677. The van der Waals surface area contributed by atoms with Crippen LogP contribution in [0, 0.1) is 21.4 Å². The predicted molar refractivity (Wildman–Crippen MR) is 328 cm³/mol. The first kappa shape index (κ1) is 60.0. The Labute approximate surface area is 508 Å². The SMILES string of the molecule is CC1(C)CCC(CN2CCN(c3ccc(C(=O)NS(=O)(=O)c4ccc(NCC5CCN(C(=O)CCCCNc6cccc7c6C(=O)N(C6CCC(=O)NC6=O)C7=O)CC5)c([N+](=O)[O-])c4)c(Oc4cnc5[nH]ccc5c4)c3)CC2)=C(c2ccc(Cl)cc2)C1. The minimum atomic E-state index is -4.67. The monoisotopic (exact) mass is 1220 g/mol. The van der Waals surface area contributed by atoms with Crippen LogP contribution in [0.15, 0.2) is 114 Å². The Bertz CT molecular complexity index is 3850. The van der Waals surface area contributed by atoms with E-state index in [1.807, 2.05) is 18.2 Å². The van der Waals surface area contributed by atoms with Crippen LogP contribution in [0.25, 0.3) is 16.6 Å². The lowest BCUT2D eigenvalue weighted by molar-refractivity contribution is -0.384. The summed E-state index contributed by atoms with van der Waals surface area (Å²) in [5.41, 5.74) is 5.94. The number of aromatic nitrogens is 2. The van der Waals surface area contributed by atoms with Gasteiger partial charge in [-0.05, 0) is 134 Å². The van der Waals surface area contributed by atoms with Gasteiger partial charge in [-0.25, -0.2) is 18.1 Å². The van der Waals surface area contributed by atoms with E-state index in [0.717, 1.165) is 60.9 Å². The summed E-state index contributed by atoms with van der Waals surface area (Å²) in [6.07, 6.45) is 9.11. The Kier molecular flexibility index (Phi) is 17.5. The molecular formula is C63H68ClN11O11S. The van der Waals surface area contributed by atoms with Gasteiger partial charge in [0.15, 0.2) is 0 Å². The average molecular weight is 1220 g/mol. The number of nitro benzene ring substituents is 1. The van der Waals surface area contributed by atoms with Gasteiger partial charge < -0.3 is 30.2 Å². The molecule has 2 aromatic heterocycles. The molecule has 6 heterocycles. The fourth-order valence-electron chi connectivity index (χ4n) is 12.3. The number of allylic oxidation sites excluding steroid dienone is 1. The number of sulfonamides is 1. The van der Waals surface area contributed by atoms with Crippen LogP contribution in [0.4, 0.5) is 22.7 Å². The fraction of sp³-hybridized carbons (Fsp3) is 0.381. The number of ether oxygens (including phenoxy) is 1. The van der Waals surface area contributed by atoms with Gasteiger partial charge in [-0.15, -0.1) is 0 Å². The first-order valence-electron chi connectivity index (χ1n) is 29.4. The van der Waals surface area contributed by atoms with Crippen molar-refractivity contribution in [1.82, 2.24) is 34.7 Å². The van der Waals surface area contributed by atoms with Crippen LogP contribution in [0.2, 0.25) is 5.02 Å². The third-order valence-corrected chi connectivity index (χ3v) is 18.8. The van der Waals surface area contributed by atoms with E-state index in [1.165, 1.54) is 47.2 Å². The lowest BCUT2D eigenvalue weighted by atomic mass is 9.72. The summed E-state index contributed by atoms with van der Waals surface area (Å²) >= 11 is 6.27. The van der Waals surface area contributed by atoms with E-state index in [9.17, 15) is 47.3 Å². The standard InChI is InChI=1S/C63H68ClN11O11S/c1-63(2)23-19-42(49(35-63)40-9-11-43(64)12-10-40)38-71-28-30-72(31-29-71)44-13-15-47(54(33-44)86-45-32-41-20-25-66-58(41)68-37-45)59(78)70-87(84,85)46-14-16-50(53(34-46)75(82)83)67-36-39-21-26-73(27-22-39)56(77)8-3-4-24-65-51-7-5-6-48-57(51)62(81)74(61(48)80)52-17-18-55(76)69-60(52)79/h5-7,9-16,20,25,32-34,37,39,52,65,67H,3-4,8,17-19,21-24,26-31,35-36,38H2,1-2H3,(H,66,68)(H,70,78)(H,69,76,79). The van der Waals surface area contributed by atoms with Crippen LogP contribution in [-0.2, 0) is 24.4 Å². The van der Waals surface area contributed by atoms with Gasteiger partial charge in [0.1, 0.15) is 28.9 Å². The number of carbonyl (C=O) groups excluding carboxylic acids is 6. The molecule has 1 unspecified atom stereocenters.